The van der Waals surface area contributed by atoms with Crippen molar-refractivity contribution < 1.29 is 28.2 Å². The van der Waals surface area contributed by atoms with Crippen molar-refractivity contribution in [3.05, 3.63) is 86.9 Å². The highest BCUT2D eigenvalue weighted by molar-refractivity contribution is 6.31. The molecule has 0 radical (unpaired) electrons. The number of halogens is 4. The van der Waals surface area contributed by atoms with Gasteiger partial charge in [-0.1, -0.05) is 62.2 Å². The Hall–Kier alpha value is -3.61. The Bertz CT molecular complexity index is 1530. The van der Waals surface area contributed by atoms with Gasteiger partial charge in [0.15, 0.2) is 0 Å². The zero-order chi connectivity index (χ0) is 31.7. The third-order valence-corrected chi connectivity index (χ3v) is 8.62. The number of carboxylic acid groups (broad SMARTS) is 1. The van der Waals surface area contributed by atoms with E-state index >= 15 is 8.78 Å². The van der Waals surface area contributed by atoms with Crippen LogP contribution in [0.1, 0.15) is 55.1 Å². The van der Waals surface area contributed by atoms with E-state index in [-0.39, 0.29) is 51.9 Å². The molecule has 4 rings (SSSR count). The Morgan fingerprint density at radius 1 is 1.21 bits per heavy atom. The van der Waals surface area contributed by atoms with E-state index in [0.717, 1.165) is 6.07 Å². The van der Waals surface area contributed by atoms with Crippen molar-refractivity contribution >= 4 is 35.2 Å². The number of ether oxygens (including phenoxy) is 1. The monoisotopic (exact) mass is 631 g/mol. The van der Waals surface area contributed by atoms with Crippen LogP contribution in [0.4, 0.5) is 13.6 Å². The molecule has 1 unspecified atom stereocenters. The quantitative estimate of drug-likeness (QED) is 0.328. The minimum atomic E-state index is -1.64. The summed E-state index contributed by atoms with van der Waals surface area (Å²) in [6.07, 6.45) is 3.69. The lowest BCUT2D eigenvalue weighted by molar-refractivity contribution is 0.0693. The van der Waals surface area contributed by atoms with Crippen molar-refractivity contribution in [3.63, 3.8) is 0 Å². The Kier molecular flexibility index (Phi) is 9.43. The first-order valence-corrected chi connectivity index (χ1v) is 14.5. The molecule has 0 bridgehead atoms. The van der Waals surface area contributed by atoms with E-state index in [0.29, 0.717) is 12.0 Å². The lowest BCUT2D eigenvalue weighted by Gasteiger charge is -2.41. The topological polar surface area (TPSA) is 103 Å². The van der Waals surface area contributed by atoms with E-state index < -0.39 is 46.9 Å². The van der Waals surface area contributed by atoms with Crippen LogP contribution in [0.15, 0.2) is 59.4 Å². The maximum Gasteiger partial charge on any atom is 0.339 e. The summed E-state index contributed by atoms with van der Waals surface area (Å²) in [5.74, 6) is -4.01. The van der Waals surface area contributed by atoms with Crippen LogP contribution in [0.25, 0.3) is 0 Å². The molecule has 11 heteroatoms. The van der Waals surface area contributed by atoms with Crippen LogP contribution in [0, 0.1) is 34.4 Å². The largest absolute Gasteiger partial charge is 0.496 e. The zero-order valence-electron chi connectivity index (χ0n) is 24.3. The summed E-state index contributed by atoms with van der Waals surface area (Å²) < 4.78 is 36.8. The molecular weight excluding hydrogens is 599 g/mol. The van der Waals surface area contributed by atoms with E-state index in [1.54, 1.807) is 12.1 Å². The molecule has 2 N–H and O–H groups in total. The van der Waals surface area contributed by atoms with E-state index in [4.69, 9.17) is 27.9 Å². The molecule has 0 aromatic heterocycles. The number of aromatic carboxylic acids is 1. The summed E-state index contributed by atoms with van der Waals surface area (Å²) in [5.41, 5.74) is -1.40. The fourth-order valence-corrected chi connectivity index (χ4v) is 6.75. The number of urea groups is 1. The Morgan fingerprint density at radius 2 is 1.93 bits per heavy atom. The number of nitrogens with zero attached hydrogens (tertiary/aromatic N) is 2. The van der Waals surface area contributed by atoms with Gasteiger partial charge in [-0.15, -0.1) is 0 Å². The van der Waals surface area contributed by atoms with Crippen LogP contribution in [-0.4, -0.2) is 41.7 Å². The second-order valence-electron chi connectivity index (χ2n) is 12.1. The molecule has 2 aliphatic rings. The summed E-state index contributed by atoms with van der Waals surface area (Å²) in [4.78, 5) is 26.9. The van der Waals surface area contributed by atoms with E-state index in [1.807, 2.05) is 20.8 Å². The maximum absolute atomic E-state index is 15.8. The minimum Gasteiger partial charge on any atom is -0.496 e. The molecule has 0 spiro atoms. The number of nitriles is 1. The number of amides is 2. The van der Waals surface area contributed by atoms with Gasteiger partial charge in [0.05, 0.1) is 24.3 Å². The highest BCUT2D eigenvalue weighted by atomic mass is 35.5. The Balaban J connectivity index is 1.81. The number of carbonyl (C=O) groups is 2. The zero-order valence-corrected chi connectivity index (χ0v) is 25.8. The Morgan fingerprint density at radius 3 is 2.53 bits per heavy atom. The first-order chi connectivity index (χ1) is 20.2. The fraction of sp³-hybridized carbons (Fsp3) is 0.406. The molecule has 1 fully saturated rings. The molecule has 1 aliphatic carbocycles. The van der Waals surface area contributed by atoms with Crippen LogP contribution in [0.5, 0.6) is 5.75 Å². The van der Waals surface area contributed by atoms with Crippen molar-refractivity contribution in [3.8, 4) is 11.8 Å². The average molecular weight is 633 g/mol. The summed E-state index contributed by atoms with van der Waals surface area (Å²) in [5, 5.41) is 23.2. The van der Waals surface area contributed by atoms with Crippen LogP contribution in [0.2, 0.25) is 5.02 Å². The molecule has 43 heavy (non-hydrogen) atoms. The molecule has 1 aliphatic heterocycles. The average Bonchev–Trinajstić information content (AvgIpc) is 3.25. The molecule has 0 saturated carbocycles. The van der Waals surface area contributed by atoms with Crippen molar-refractivity contribution in [2.45, 2.75) is 51.6 Å². The van der Waals surface area contributed by atoms with Gasteiger partial charge in [-0.2, -0.15) is 5.26 Å². The number of carbonyl (C=O) groups excluding carboxylic acids is 1. The molecule has 2 aromatic carbocycles. The summed E-state index contributed by atoms with van der Waals surface area (Å²) in [6.45, 7) is 6.00. The number of nitrogens with one attached hydrogen (secondary N) is 1. The first-order valence-electron chi connectivity index (χ1n) is 13.8. The number of benzene rings is 2. The molecule has 1 saturated heterocycles. The van der Waals surface area contributed by atoms with Gasteiger partial charge in [-0.3, -0.25) is 0 Å². The van der Waals surface area contributed by atoms with Crippen molar-refractivity contribution in [2.75, 3.05) is 13.7 Å². The van der Waals surface area contributed by atoms with Gasteiger partial charge < -0.3 is 20.1 Å². The summed E-state index contributed by atoms with van der Waals surface area (Å²) in [6, 6.07) is 9.14. The van der Waals surface area contributed by atoms with Gasteiger partial charge in [0, 0.05) is 35.5 Å². The number of hydrogen-bond donors (Lipinski definition) is 2. The van der Waals surface area contributed by atoms with Gasteiger partial charge in [0.25, 0.3) is 0 Å². The SMILES string of the molecule is COc1cc(CNC(=O)N2C[C@@H](CC(C)(C)C)[C@](C#N)(c3ccc(Cl)cc3F)[C@H]2C2CC=CC(Cl)=C2F)ccc1C(=O)O. The predicted molar refractivity (Wildman–Crippen MR) is 160 cm³/mol. The number of hydrogen-bond acceptors (Lipinski definition) is 4. The summed E-state index contributed by atoms with van der Waals surface area (Å²) >= 11 is 12.3. The van der Waals surface area contributed by atoms with Crippen LogP contribution in [-0.2, 0) is 12.0 Å². The van der Waals surface area contributed by atoms with Gasteiger partial charge in [-0.05, 0) is 54.2 Å². The van der Waals surface area contributed by atoms with Crippen LogP contribution < -0.4 is 10.1 Å². The highest BCUT2D eigenvalue weighted by Gasteiger charge is 2.61. The highest BCUT2D eigenvalue weighted by Crippen LogP contribution is 2.54. The van der Waals surface area contributed by atoms with Crippen LogP contribution >= 0.6 is 23.2 Å². The first kappa shape index (κ1) is 32.3. The summed E-state index contributed by atoms with van der Waals surface area (Å²) in [7, 11) is 1.34. The molecule has 1 heterocycles. The third kappa shape index (κ3) is 6.36. The van der Waals surface area contributed by atoms with Crippen molar-refractivity contribution in [1.82, 2.24) is 10.2 Å². The molecule has 7 nitrogen and oxygen atoms in total. The lowest BCUT2D eigenvalue weighted by atomic mass is 9.62. The smallest absolute Gasteiger partial charge is 0.339 e. The lowest BCUT2D eigenvalue weighted by Crippen LogP contribution is -2.53. The molecule has 4 atom stereocenters. The van der Waals surface area contributed by atoms with E-state index in [2.05, 4.69) is 11.4 Å². The number of likely N-dealkylation sites (tertiary alicyclic amines) is 1. The molecular formula is C32H33Cl2F2N3O4. The third-order valence-electron chi connectivity index (χ3n) is 8.07. The predicted octanol–water partition coefficient (Wildman–Crippen LogP) is 7.59. The van der Waals surface area contributed by atoms with Gasteiger partial charge >= 0.3 is 12.0 Å². The van der Waals surface area contributed by atoms with Crippen LogP contribution in [0.3, 0.4) is 0 Å². The second kappa shape index (κ2) is 12.6. The molecule has 2 amide bonds. The standard InChI is InChI=1S/C32H33Cl2F2N3O4/c1-31(2,3)14-19-16-39(30(42)38-15-18-8-10-21(29(40)41)26(12-18)43-4)28(22-6-5-7-24(34)27(22)36)32(19,17-37)23-11-9-20(33)13-25(23)35/h5,7-13,19,22,28H,6,14-16H2,1-4H3,(H,38,42)(H,40,41)/t19-,22?,28-,32-/m1/s1. The molecule has 2 aromatic rings. The normalized spacial score (nSPS) is 23.7. The second-order valence-corrected chi connectivity index (χ2v) is 12.9. The van der Waals surface area contributed by atoms with E-state index in [9.17, 15) is 20.0 Å². The number of allylic oxidation sites excluding steroid dienone is 3. The van der Waals surface area contributed by atoms with Gasteiger partial charge in [0.2, 0.25) is 0 Å². The number of methoxy groups -OCH3 is 1. The van der Waals surface area contributed by atoms with Crippen molar-refractivity contribution in [2.24, 2.45) is 17.3 Å². The Labute approximate surface area is 259 Å². The molecule has 228 valence electrons. The van der Waals surface area contributed by atoms with E-state index in [1.165, 1.54) is 42.4 Å². The number of rotatable bonds is 7. The maximum atomic E-state index is 15.8. The van der Waals surface area contributed by atoms with Gasteiger partial charge in [-0.25, -0.2) is 18.4 Å². The number of carboxylic acids is 1. The van der Waals surface area contributed by atoms with Crippen molar-refractivity contribution in [1.29, 1.82) is 5.26 Å². The fourth-order valence-electron chi connectivity index (χ4n) is 6.36. The van der Waals surface area contributed by atoms with Gasteiger partial charge in [0.1, 0.15) is 28.4 Å². The minimum absolute atomic E-state index is 0.0131.